The van der Waals surface area contributed by atoms with Crippen molar-refractivity contribution in [2.45, 2.75) is 0 Å². The molecule has 1 aromatic heterocycles. The van der Waals surface area contributed by atoms with Crippen LogP contribution in [0.1, 0.15) is 10.4 Å². The van der Waals surface area contributed by atoms with Crippen molar-refractivity contribution in [3.05, 3.63) is 83.1 Å². The Hall–Kier alpha value is -2.76. The van der Waals surface area contributed by atoms with E-state index in [4.69, 9.17) is 11.6 Å². The molecule has 0 saturated carbocycles. The first-order valence-corrected chi connectivity index (χ1v) is 9.02. The molecule has 0 fully saturated rings. The molecule has 0 bridgehead atoms. The quantitative estimate of drug-likeness (QED) is 0.471. The summed E-state index contributed by atoms with van der Waals surface area (Å²) < 4.78 is 15.0. The van der Waals surface area contributed by atoms with E-state index in [2.05, 4.69) is 10.3 Å². The number of hydrogen-bond acceptors (Lipinski definition) is 3. The number of fused-ring (bicyclic) bond motifs is 1. The number of carbonyl (C=O) groups excluding carboxylic acids is 1. The fraction of sp³-hybridized carbons (Fsp3) is 0. The second-order valence-corrected chi connectivity index (χ2v) is 7.08. The van der Waals surface area contributed by atoms with E-state index in [0.717, 1.165) is 20.8 Å². The zero-order chi connectivity index (χ0) is 18.1. The van der Waals surface area contributed by atoms with Gasteiger partial charge in [0.1, 0.15) is 10.8 Å². The van der Waals surface area contributed by atoms with E-state index in [1.165, 1.54) is 29.5 Å². The predicted molar refractivity (Wildman–Crippen MR) is 104 cm³/mol. The molecule has 0 radical (unpaired) electrons. The first-order valence-electron chi connectivity index (χ1n) is 7.83. The van der Waals surface area contributed by atoms with Gasteiger partial charge in [0.2, 0.25) is 0 Å². The molecule has 0 unspecified atom stereocenters. The van der Waals surface area contributed by atoms with E-state index < -0.39 is 11.7 Å². The molecule has 0 aliphatic rings. The Morgan fingerprint density at radius 1 is 1.04 bits per heavy atom. The summed E-state index contributed by atoms with van der Waals surface area (Å²) in [5, 5.41) is 3.85. The third-order valence-corrected chi connectivity index (χ3v) is 5.18. The lowest BCUT2D eigenvalue weighted by Crippen LogP contribution is -2.14. The van der Waals surface area contributed by atoms with Gasteiger partial charge in [-0.2, -0.15) is 0 Å². The molecule has 1 heterocycles. The molecule has 0 aliphatic carbocycles. The third-order valence-electron chi connectivity index (χ3n) is 3.87. The lowest BCUT2D eigenvalue weighted by Gasteiger charge is -2.10. The average molecular weight is 383 g/mol. The molecule has 26 heavy (non-hydrogen) atoms. The molecule has 6 heteroatoms. The normalized spacial score (nSPS) is 10.8. The van der Waals surface area contributed by atoms with Crippen LogP contribution in [0.3, 0.4) is 0 Å². The second-order valence-electron chi connectivity index (χ2n) is 5.61. The summed E-state index contributed by atoms with van der Waals surface area (Å²) >= 11 is 7.42. The number of nitrogens with zero attached hydrogens (tertiary/aromatic N) is 1. The van der Waals surface area contributed by atoms with Gasteiger partial charge < -0.3 is 5.32 Å². The number of halogens is 2. The smallest absolute Gasteiger partial charge is 0.258 e. The van der Waals surface area contributed by atoms with Gasteiger partial charge in [0, 0.05) is 10.6 Å². The Kier molecular flexibility index (Phi) is 4.41. The number of rotatable bonds is 3. The zero-order valence-electron chi connectivity index (χ0n) is 13.4. The van der Waals surface area contributed by atoms with Gasteiger partial charge in [0.15, 0.2) is 0 Å². The van der Waals surface area contributed by atoms with E-state index in [0.29, 0.717) is 10.7 Å². The number of para-hydroxylation sites is 2. The number of hydrogen-bond donors (Lipinski definition) is 1. The molecule has 3 aromatic carbocycles. The highest BCUT2D eigenvalue weighted by Crippen LogP contribution is 2.34. The van der Waals surface area contributed by atoms with Crippen LogP contribution in [0.5, 0.6) is 0 Å². The number of benzene rings is 3. The summed E-state index contributed by atoms with van der Waals surface area (Å²) in [6.07, 6.45) is 0. The highest BCUT2D eigenvalue weighted by atomic mass is 35.5. The number of carbonyl (C=O) groups is 1. The van der Waals surface area contributed by atoms with Gasteiger partial charge in [-0.3, -0.25) is 4.79 Å². The number of amides is 1. The number of anilines is 1. The van der Waals surface area contributed by atoms with Crippen LogP contribution >= 0.6 is 22.9 Å². The number of aromatic nitrogens is 1. The number of nitrogens with one attached hydrogen (secondary N) is 1. The fourth-order valence-electron chi connectivity index (χ4n) is 2.63. The van der Waals surface area contributed by atoms with Crippen molar-refractivity contribution in [1.82, 2.24) is 4.98 Å². The van der Waals surface area contributed by atoms with Crippen molar-refractivity contribution in [3.63, 3.8) is 0 Å². The van der Waals surface area contributed by atoms with Crippen molar-refractivity contribution < 1.29 is 9.18 Å². The van der Waals surface area contributed by atoms with Gasteiger partial charge in [0.05, 0.1) is 21.5 Å². The predicted octanol–water partition coefficient (Wildman–Crippen LogP) is 6.01. The average Bonchev–Trinajstić information content (AvgIpc) is 3.08. The van der Waals surface area contributed by atoms with E-state index >= 15 is 0 Å². The van der Waals surface area contributed by atoms with Crippen LogP contribution in [0.4, 0.5) is 10.1 Å². The van der Waals surface area contributed by atoms with Crippen molar-refractivity contribution in [2.24, 2.45) is 0 Å². The van der Waals surface area contributed by atoms with Gasteiger partial charge >= 0.3 is 0 Å². The van der Waals surface area contributed by atoms with Gasteiger partial charge in [-0.1, -0.05) is 35.9 Å². The van der Waals surface area contributed by atoms with E-state index in [9.17, 15) is 9.18 Å². The Bertz CT molecular complexity index is 1090. The molecule has 4 aromatic rings. The van der Waals surface area contributed by atoms with Crippen molar-refractivity contribution in [2.75, 3.05) is 5.32 Å². The zero-order valence-corrected chi connectivity index (χ0v) is 14.9. The maximum atomic E-state index is 14.0. The van der Waals surface area contributed by atoms with Crippen LogP contribution in [0.2, 0.25) is 5.02 Å². The Balaban J connectivity index is 1.72. The van der Waals surface area contributed by atoms with E-state index in [-0.39, 0.29) is 5.56 Å². The summed E-state index contributed by atoms with van der Waals surface area (Å²) in [5.41, 5.74) is 2.14. The second kappa shape index (κ2) is 6.86. The van der Waals surface area contributed by atoms with Crippen molar-refractivity contribution in [3.8, 4) is 10.6 Å². The summed E-state index contributed by atoms with van der Waals surface area (Å²) in [7, 11) is 0. The third kappa shape index (κ3) is 3.19. The highest BCUT2D eigenvalue weighted by molar-refractivity contribution is 7.21. The lowest BCUT2D eigenvalue weighted by atomic mass is 10.1. The SMILES string of the molecule is O=C(Nc1ccccc1-c1nc2ccccc2s1)c1cc(Cl)ccc1F. The first-order chi connectivity index (χ1) is 12.6. The topological polar surface area (TPSA) is 42.0 Å². The minimum Gasteiger partial charge on any atom is -0.321 e. The van der Waals surface area contributed by atoms with Crippen LogP contribution in [0.25, 0.3) is 20.8 Å². The van der Waals surface area contributed by atoms with E-state index in [1.807, 2.05) is 36.4 Å². The lowest BCUT2D eigenvalue weighted by molar-refractivity contribution is 0.102. The molecule has 0 atom stereocenters. The Labute approximate surface area is 158 Å². The fourth-order valence-corrected chi connectivity index (χ4v) is 3.80. The summed E-state index contributed by atoms with van der Waals surface area (Å²) in [5.74, 6) is -1.18. The van der Waals surface area contributed by atoms with Crippen molar-refractivity contribution >= 4 is 44.7 Å². The molecule has 3 nitrogen and oxygen atoms in total. The first kappa shape index (κ1) is 16.7. The Morgan fingerprint density at radius 2 is 1.81 bits per heavy atom. The van der Waals surface area contributed by atoms with Crippen LogP contribution in [0, 0.1) is 5.82 Å². The molecule has 1 N–H and O–H groups in total. The highest BCUT2D eigenvalue weighted by Gasteiger charge is 2.16. The molecule has 0 aliphatic heterocycles. The largest absolute Gasteiger partial charge is 0.321 e. The van der Waals surface area contributed by atoms with Gasteiger partial charge in [-0.15, -0.1) is 11.3 Å². The minimum absolute atomic E-state index is 0.100. The monoisotopic (exact) mass is 382 g/mol. The maximum absolute atomic E-state index is 14.0. The van der Waals surface area contributed by atoms with E-state index in [1.54, 1.807) is 12.1 Å². The van der Waals surface area contributed by atoms with Crippen LogP contribution in [-0.4, -0.2) is 10.9 Å². The molecule has 4 rings (SSSR count). The molecule has 0 spiro atoms. The van der Waals surface area contributed by atoms with Crippen LogP contribution in [0.15, 0.2) is 66.7 Å². The molecular weight excluding hydrogens is 371 g/mol. The minimum atomic E-state index is -0.621. The molecule has 0 saturated heterocycles. The summed E-state index contributed by atoms with van der Waals surface area (Å²) in [6, 6.07) is 19.0. The molecule has 1 amide bonds. The van der Waals surface area contributed by atoms with Gasteiger partial charge in [0.25, 0.3) is 5.91 Å². The van der Waals surface area contributed by atoms with Gasteiger partial charge in [-0.25, -0.2) is 9.37 Å². The van der Waals surface area contributed by atoms with Crippen LogP contribution < -0.4 is 5.32 Å². The molecule has 128 valence electrons. The van der Waals surface area contributed by atoms with Gasteiger partial charge in [-0.05, 0) is 42.5 Å². The summed E-state index contributed by atoms with van der Waals surface area (Å²) in [4.78, 5) is 17.1. The Morgan fingerprint density at radius 3 is 2.65 bits per heavy atom. The maximum Gasteiger partial charge on any atom is 0.258 e. The standard InChI is InChI=1S/C20H12ClFN2OS/c21-12-9-10-15(22)14(11-12)19(25)23-16-6-2-1-5-13(16)20-24-17-7-3-4-8-18(17)26-20/h1-11H,(H,23,25). The number of thiazole rings is 1. The van der Waals surface area contributed by atoms with Crippen LogP contribution in [-0.2, 0) is 0 Å². The molecular formula is C20H12ClFN2OS. The van der Waals surface area contributed by atoms with Crippen molar-refractivity contribution in [1.29, 1.82) is 0 Å². The summed E-state index contributed by atoms with van der Waals surface area (Å²) in [6.45, 7) is 0.